The van der Waals surface area contributed by atoms with Gasteiger partial charge in [-0.05, 0) is 37.0 Å². The lowest BCUT2D eigenvalue weighted by atomic mass is 9.99. The molecule has 1 aliphatic carbocycles. The van der Waals surface area contributed by atoms with Crippen molar-refractivity contribution in [1.29, 1.82) is 0 Å². The number of benzene rings is 1. The molecule has 1 aromatic carbocycles. The zero-order chi connectivity index (χ0) is 19.6. The van der Waals surface area contributed by atoms with Crippen LogP contribution in [0.5, 0.6) is 0 Å². The van der Waals surface area contributed by atoms with Crippen molar-refractivity contribution >= 4 is 34.3 Å². The Hall–Kier alpha value is -1.44. The molecule has 3 rings (SSSR count). The standard InChI is InChI=1S/C19H24ClNO5S/c1-2-14(11-27(25)15-7-8-15)21-16(12-3-5-13(20)6-4-12)10-26-17(19(21)24)9-18(22)23/h3-6,14-17H,2,7-11H2,1H3,(H,22,23)/t14-,16-,17+,27?/m0/s1. The molecule has 27 heavy (non-hydrogen) atoms. The van der Waals surface area contributed by atoms with Gasteiger partial charge < -0.3 is 14.7 Å². The second-order valence-electron chi connectivity index (χ2n) is 7.04. The maximum atomic E-state index is 13.1. The number of amides is 1. The Kier molecular flexibility index (Phi) is 6.55. The van der Waals surface area contributed by atoms with Crippen molar-refractivity contribution in [3.63, 3.8) is 0 Å². The molecule has 2 fully saturated rings. The van der Waals surface area contributed by atoms with Crippen molar-refractivity contribution in [3.05, 3.63) is 34.9 Å². The van der Waals surface area contributed by atoms with Gasteiger partial charge in [0.1, 0.15) is 6.10 Å². The smallest absolute Gasteiger partial charge is 0.306 e. The van der Waals surface area contributed by atoms with E-state index in [9.17, 15) is 13.8 Å². The Labute approximate surface area is 166 Å². The molecule has 4 atom stereocenters. The number of aliphatic carboxylic acids is 1. The molecule has 0 bridgehead atoms. The predicted octanol–water partition coefficient (Wildman–Crippen LogP) is 2.77. The fourth-order valence-corrected chi connectivity index (χ4v) is 5.25. The van der Waals surface area contributed by atoms with E-state index < -0.39 is 22.9 Å². The van der Waals surface area contributed by atoms with Gasteiger partial charge in [0.05, 0.1) is 19.1 Å². The van der Waals surface area contributed by atoms with E-state index in [4.69, 9.17) is 21.4 Å². The van der Waals surface area contributed by atoms with Gasteiger partial charge in [-0.3, -0.25) is 13.8 Å². The Morgan fingerprint density at radius 3 is 2.59 bits per heavy atom. The van der Waals surface area contributed by atoms with E-state index >= 15 is 0 Å². The molecule has 1 aliphatic heterocycles. The van der Waals surface area contributed by atoms with Crippen LogP contribution in [0.15, 0.2) is 24.3 Å². The van der Waals surface area contributed by atoms with Gasteiger partial charge in [-0.1, -0.05) is 30.7 Å². The molecule has 1 aromatic rings. The number of nitrogens with zero attached hydrogens (tertiary/aromatic N) is 1. The van der Waals surface area contributed by atoms with Crippen molar-refractivity contribution in [1.82, 2.24) is 4.90 Å². The molecular weight excluding hydrogens is 390 g/mol. The van der Waals surface area contributed by atoms with Crippen molar-refractivity contribution in [3.8, 4) is 0 Å². The summed E-state index contributed by atoms with van der Waals surface area (Å²) in [5.41, 5.74) is 0.872. The van der Waals surface area contributed by atoms with Crippen LogP contribution in [0.2, 0.25) is 5.02 Å². The SMILES string of the molecule is CC[C@@H](CS(=O)C1CC1)N1C(=O)[C@@H](CC(=O)O)OC[C@H]1c1ccc(Cl)cc1. The van der Waals surface area contributed by atoms with Crippen molar-refractivity contribution in [2.45, 2.75) is 56.0 Å². The van der Waals surface area contributed by atoms with E-state index in [1.54, 1.807) is 17.0 Å². The summed E-state index contributed by atoms with van der Waals surface area (Å²) in [6, 6.07) is 6.64. The largest absolute Gasteiger partial charge is 0.481 e. The molecule has 1 saturated heterocycles. The van der Waals surface area contributed by atoms with E-state index in [1.165, 1.54) is 0 Å². The van der Waals surface area contributed by atoms with Gasteiger partial charge >= 0.3 is 5.97 Å². The minimum atomic E-state index is -1.08. The van der Waals surface area contributed by atoms with Crippen LogP contribution < -0.4 is 0 Å². The average molecular weight is 414 g/mol. The molecule has 1 unspecified atom stereocenters. The molecule has 1 saturated carbocycles. The minimum absolute atomic E-state index is 0.206. The topological polar surface area (TPSA) is 83.9 Å². The number of morpholine rings is 1. The summed E-state index contributed by atoms with van der Waals surface area (Å²) in [6.07, 6.45) is 1.22. The van der Waals surface area contributed by atoms with Crippen LogP contribution in [-0.4, -0.2) is 55.8 Å². The van der Waals surface area contributed by atoms with Crippen molar-refractivity contribution in [2.75, 3.05) is 12.4 Å². The highest BCUT2D eigenvalue weighted by molar-refractivity contribution is 7.86. The summed E-state index contributed by atoms with van der Waals surface area (Å²) in [5, 5.41) is 9.92. The molecular formula is C19H24ClNO5S. The summed E-state index contributed by atoms with van der Waals surface area (Å²) in [5.74, 6) is -1.01. The normalized spacial score (nSPS) is 25.3. The van der Waals surface area contributed by atoms with Crippen LogP contribution in [0.4, 0.5) is 0 Å². The number of hydrogen-bond acceptors (Lipinski definition) is 4. The number of carboxylic acids is 1. The fourth-order valence-electron chi connectivity index (χ4n) is 3.41. The molecule has 2 aliphatic rings. The quantitative estimate of drug-likeness (QED) is 0.708. The van der Waals surface area contributed by atoms with E-state index in [1.807, 2.05) is 19.1 Å². The first-order chi connectivity index (χ1) is 12.9. The molecule has 1 heterocycles. The summed E-state index contributed by atoms with van der Waals surface area (Å²) in [6.45, 7) is 2.17. The van der Waals surface area contributed by atoms with Crippen LogP contribution in [0.3, 0.4) is 0 Å². The van der Waals surface area contributed by atoms with Crippen LogP contribution in [0.25, 0.3) is 0 Å². The third-order valence-electron chi connectivity index (χ3n) is 5.05. The van der Waals surface area contributed by atoms with Gasteiger partial charge in [0.15, 0.2) is 0 Å². The summed E-state index contributed by atoms with van der Waals surface area (Å²) in [4.78, 5) is 25.9. The Morgan fingerprint density at radius 2 is 2.04 bits per heavy atom. The van der Waals surface area contributed by atoms with Crippen LogP contribution in [0.1, 0.15) is 44.2 Å². The molecule has 6 nitrogen and oxygen atoms in total. The number of halogens is 1. The van der Waals surface area contributed by atoms with E-state index in [0.717, 1.165) is 18.4 Å². The Bertz CT molecular complexity index is 721. The zero-order valence-electron chi connectivity index (χ0n) is 15.2. The van der Waals surface area contributed by atoms with Gasteiger partial charge in [-0.25, -0.2) is 0 Å². The number of rotatable bonds is 8. The summed E-state index contributed by atoms with van der Waals surface area (Å²) in [7, 11) is -0.976. The third kappa shape index (κ3) is 4.89. The lowest BCUT2D eigenvalue weighted by Crippen LogP contribution is -2.55. The van der Waals surface area contributed by atoms with E-state index in [2.05, 4.69) is 0 Å². The minimum Gasteiger partial charge on any atom is -0.481 e. The molecule has 1 N–H and O–H groups in total. The van der Waals surface area contributed by atoms with Crippen molar-refractivity contribution < 1.29 is 23.6 Å². The number of carbonyl (C=O) groups excluding carboxylic acids is 1. The lowest BCUT2D eigenvalue weighted by molar-refractivity contribution is -0.168. The molecule has 148 valence electrons. The second kappa shape index (κ2) is 8.71. The van der Waals surface area contributed by atoms with E-state index in [0.29, 0.717) is 17.2 Å². The zero-order valence-corrected chi connectivity index (χ0v) is 16.7. The van der Waals surface area contributed by atoms with E-state index in [-0.39, 0.29) is 36.3 Å². The van der Waals surface area contributed by atoms with Crippen LogP contribution >= 0.6 is 11.6 Å². The summed E-state index contributed by atoms with van der Waals surface area (Å²) >= 11 is 5.98. The number of carboxylic acid groups (broad SMARTS) is 1. The van der Waals surface area contributed by atoms with Crippen molar-refractivity contribution in [2.24, 2.45) is 0 Å². The first kappa shape index (κ1) is 20.3. The highest BCUT2D eigenvalue weighted by Gasteiger charge is 2.42. The molecule has 8 heteroatoms. The number of carbonyl (C=O) groups is 2. The maximum Gasteiger partial charge on any atom is 0.306 e. The Morgan fingerprint density at radius 1 is 1.37 bits per heavy atom. The highest BCUT2D eigenvalue weighted by atomic mass is 35.5. The number of ether oxygens (including phenoxy) is 1. The van der Waals surface area contributed by atoms with Gasteiger partial charge in [0, 0.05) is 32.9 Å². The summed E-state index contributed by atoms with van der Waals surface area (Å²) < 4.78 is 18.1. The van der Waals surface area contributed by atoms with Gasteiger partial charge in [-0.2, -0.15) is 0 Å². The Balaban J connectivity index is 1.88. The van der Waals surface area contributed by atoms with Gasteiger partial charge in [0.25, 0.3) is 5.91 Å². The first-order valence-electron chi connectivity index (χ1n) is 9.19. The predicted molar refractivity (Wildman–Crippen MR) is 103 cm³/mol. The monoisotopic (exact) mass is 413 g/mol. The van der Waals surface area contributed by atoms with Crippen LogP contribution in [0, 0.1) is 0 Å². The fraction of sp³-hybridized carbons (Fsp3) is 0.579. The highest BCUT2D eigenvalue weighted by Crippen LogP contribution is 2.33. The third-order valence-corrected chi connectivity index (χ3v) is 7.23. The molecule has 0 aromatic heterocycles. The average Bonchev–Trinajstić information content (AvgIpc) is 3.47. The lowest BCUT2D eigenvalue weighted by Gasteiger charge is -2.43. The van der Waals surface area contributed by atoms with Gasteiger partial charge in [-0.15, -0.1) is 0 Å². The van der Waals surface area contributed by atoms with Crippen LogP contribution in [-0.2, 0) is 25.1 Å². The maximum absolute atomic E-state index is 13.1. The number of hydrogen-bond donors (Lipinski definition) is 1. The molecule has 0 spiro atoms. The first-order valence-corrected chi connectivity index (χ1v) is 10.9. The molecule has 1 amide bonds. The van der Waals surface area contributed by atoms with Gasteiger partial charge in [0.2, 0.25) is 0 Å². The molecule has 0 radical (unpaired) electrons. The second-order valence-corrected chi connectivity index (χ2v) is 9.24.